The van der Waals surface area contributed by atoms with Gasteiger partial charge in [-0.1, -0.05) is 6.07 Å². The second-order valence-corrected chi connectivity index (χ2v) is 3.91. The molecule has 1 aromatic rings. The average molecular weight is 329 g/mol. The molecular weight excluding hydrogens is 321 g/mol. The predicted octanol–water partition coefficient (Wildman–Crippen LogP) is 2.84. The molecule has 0 N–H and O–H groups in total. The highest BCUT2D eigenvalue weighted by atomic mass is 19.4. The molecule has 22 heavy (non-hydrogen) atoms. The molecule has 0 aliphatic carbocycles. The molecule has 1 aromatic carbocycles. The molecule has 0 unspecified atom stereocenters. The normalized spacial score (nSPS) is 11.9. The zero-order chi connectivity index (χ0) is 17.1. The van der Waals surface area contributed by atoms with Gasteiger partial charge < -0.3 is 9.47 Å². The number of ether oxygens (including phenoxy) is 2. The minimum absolute atomic E-state index is 0.152. The van der Waals surface area contributed by atoms with Gasteiger partial charge in [0.15, 0.2) is 5.75 Å². The first-order valence-corrected chi connectivity index (χ1v) is 5.43. The maximum Gasteiger partial charge on any atom is 0.465 e. The molecule has 0 spiro atoms. The molecule has 0 atom stereocenters. The molecule has 0 bridgehead atoms. The number of hydrogen-bond donors (Lipinski definition) is 0. The highest BCUT2D eigenvalue weighted by Gasteiger charge is 2.64. The number of benzene rings is 1. The van der Waals surface area contributed by atoms with E-state index in [2.05, 4.69) is 9.47 Å². The Labute approximate surface area is 119 Å². The summed E-state index contributed by atoms with van der Waals surface area (Å²) in [5.41, 5.74) is -0.711. The zero-order valence-corrected chi connectivity index (χ0v) is 10.8. The lowest BCUT2D eigenvalue weighted by Crippen LogP contribution is -2.45. The molecule has 0 aliphatic heterocycles. The number of carbonyl (C=O) groups is 1. The molecule has 0 saturated heterocycles. The van der Waals surface area contributed by atoms with Crippen molar-refractivity contribution in [1.82, 2.24) is 0 Å². The number of nitro groups is 1. The van der Waals surface area contributed by atoms with E-state index in [1.54, 1.807) is 0 Å². The predicted molar refractivity (Wildman–Crippen MR) is 60.4 cm³/mol. The van der Waals surface area contributed by atoms with E-state index in [9.17, 15) is 36.9 Å². The highest BCUT2D eigenvalue weighted by Crippen LogP contribution is 2.36. The Morgan fingerprint density at radius 1 is 1.27 bits per heavy atom. The lowest BCUT2D eigenvalue weighted by Gasteiger charge is -2.17. The van der Waals surface area contributed by atoms with Crippen LogP contribution >= 0.6 is 0 Å². The van der Waals surface area contributed by atoms with Gasteiger partial charge >= 0.3 is 23.8 Å². The quantitative estimate of drug-likeness (QED) is 0.359. The number of methoxy groups -OCH3 is 1. The van der Waals surface area contributed by atoms with Gasteiger partial charge in [-0.3, -0.25) is 10.1 Å². The van der Waals surface area contributed by atoms with E-state index >= 15 is 0 Å². The highest BCUT2D eigenvalue weighted by molar-refractivity contribution is 5.78. The molecule has 0 heterocycles. The summed E-state index contributed by atoms with van der Waals surface area (Å²) < 4.78 is 69.5. The fraction of sp³-hybridized carbons (Fsp3) is 0.364. The Kier molecular flexibility index (Phi) is 4.89. The second kappa shape index (κ2) is 6.12. The van der Waals surface area contributed by atoms with Gasteiger partial charge in [0, 0.05) is 6.07 Å². The maximum atomic E-state index is 12.6. The van der Waals surface area contributed by atoms with E-state index in [4.69, 9.17) is 0 Å². The minimum Gasteiger partial charge on any atom is -0.490 e. The topological polar surface area (TPSA) is 78.7 Å². The monoisotopic (exact) mass is 329 g/mol. The number of esters is 1. The molecule has 0 aromatic heterocycles. The first-order valence-electron chi connectivity index (χ1n) is 5.43. The van der Waals surface area contributed by atoms with Crippen LogP contribution in [-0.4, -0.2) is 30.1 Å². The molecular formula is C11H8F5NO5. The molecule has 0 saturated carbocycles. The van der Waals surface area contributed by atoms with Crippen LogP contribution in [0.15, 0.2) is 18.2 Å². The van der Waals surface area contributed by atoms with Crippen molar-refractivity contribution in [1.29, 1.82) is 0 Å². The van der Waals surface area contributed by atoms with Gasteiger partial charge in [0.25, 0.3) is 0 Å². The van der Waals surface area contributed by atoms with E-state index in [1.165, 1.54) is 0 Å². The summed E-state index contributed by atoms with van der Waals surface area (Å²) in [6, 6.07) is 3.03. The Hall–Kier alpha value is -2.46. The summed E-state index contributed by atoms with van der Waals surface area (Å²) in [6.45, 7) is -0.991. The smallest absolute Gasteiger partial charge is 0.465 e. The van der Waals surface area contributed by atoms with Gasteiger partial charge in [-0.15, -0.1) is 0 Å². The minimum atomic E-state index is -6.09. The Morgan fingerprint density at radius 3 is 2.32 bits per heavy atom. The van der Waals surface area contributed by atoms with Gasteiger partial charge in [0.1, 0.15) is 6.61 Å². The third kappa shape index (κ3) is 3.59. The van der Waals surface area contributed by atoms with E-state index < -0.39 is 35.3 Å². The standard InChI is InChI=1S/C11H8F5NO5/c1-21-8-3-2-6(4-7(8)17(19)20)5-22-9(18)10(12,13)11(14,15)16/h2-4H,5H2,1H3. The number of halogens is 5. The Bertz CT molecular complexity index is 587. The lowest BCUT2D eigenvalue weighted by atomic mass is 10.2. The van der Waals surface area contributed by atoms with Gasteiger partial charge in [-0.25, -0.2) is 4.79 Å². The van der Waals surface area contributed by atoms with Crippen molar-refractivity contribution < 1.29 is 41.1 Å². The molecule has 6 nitrogen and oxygen atoms in total. The van der Waals surface area contributed by atoms with Crippen LogP contribution in [0, 0.1) is 10.1 Å². The van der Waals surface area contributed by atoms with Crippen molar-refractivity contribution >= 4 is 11.7 Å². The van der Waals surface area contributed by atoms with Gasteiger partial charge in [-0.05, 0) is 11.6 Å². The van der Waals surface area contributed by atoms with Crippen LogP contribution < -0.4 is 4.74 Å². The number of alkyl halides is 5. The molecule has 0 amide bonds. The first-order chi connectivity index (χ1) is 10.0. The van der Waals surface area contributed by atoms with Crippen LogP contribution in [0.3, 0.4) is 0 Å². The maximum absolute atomic E-state index is 12.6. The summed E-state index contributed by atoms with van der Waals surface area (Å²) >= 11 is 0. The van der Waals surface area contributed by atoms with Crippen LogP contribution in [0.5, 0.6) is 5.75 Å². The van der Waals surface area contributed by atoms with Gasteiger partial charge in [0.2, 0.25) is 0 Å². The SMILES string of the molecule is COc1ccc(COC(=O)C(F)(F)C(F)(F)F)cc1[N+](=O)[O-]. The van der Waals surface area contributed by atoms with Crippen molar-refractivity contribution in [3.8, 4) is 5.75 Å². The summed E-state index contributed by atoms with van der Waals surface area (Å²) in [5.74, 6) is -8.61. The third-order valence-corrected chi connectivity index (χ3v) is 2.42. The molecule has 1 rings (SSSR count). The second-order valence-electron chi connectivity index (χ2n) is 3.91. The van der Waals surface area contributed by atoms with E-state index in [0.29, 0.717) is 0 Å². The number of nitrogens with zero attached hydrogens (tertiary/aromatic N) is 1. The van der Waals surface area contributed by atoms with Crippen molar-refractivity contribution in [3.63, 3.8) is 0 Å². The molecule has 0 radical (unpaired) electrons. The molecule has 122 valence electrons. The van der Waals surface area contributed by atoms with Crippen LogP contribution in [0.2, 0.25) is 0 Å². The van der Waals surface area contributed by atoms with Crippen LogP contribution in [-0.2, 0) is 16.1 Å². The van der Waals surface area contributed by atoms with E-state index in [-0.39, 0.29) is 11.3 Å². The number of rotatable bonds is 5. The summed E-state index contributed by atoms with van der Waals surface area (Å²) in [4.78, 5) is 20.6. The van der Waals surface area contributed by atoms with E-state index in [1.807, 2.05) is 0 Å². The van der Waals surface area contributed by atoms with Crippen molar-refractivity contribution in [3.05, 3.63) is 33.9 Å². The first kappa shape index (κ1) is 17.6. The summed E-state index contributed by atoms with van der Waals surface area (Å²) in [7, 11) is 1.14. The molecule has 0 aliphatic rings. The average Bonchev–Trinajstić information content (AvgIpc) is 2.42. The van der Waals surface area contributed by atoms with Gasteiger partial charge in [0.05, 0.1) is 12.0 Å². The Balaban J connectivity index is 2.87. The lowest BCUT2D eigenvalue weighted by molar-refractivity contribution is -0.385. The fourth-order valence-corrected chi connectivity index (χ4v) is 1.32. The largest absolute Gasteiger partial charge is 0.490 e. The van der Waals surface area contributed by atoms with Crippen LogP contribution in [0.4, 0.5) is 27.6 Å². The number of hydrogen-bond acceptors (Lipinski definition) is 5. The number of nitro benzene ring substituents is 1. The summed E-state index contributed by atoms with van der Waals surface area (Å²) in [5, 5.41) is 10.7. The van der Waals surface area contributed by atoms with Crippen LogP contribution in [0.25, 0.3) is 0 Å². The Morgan fingerprint density at radius 2 is 1.86 bits per heavy atom. The number of carbonyl (C=O) groups excluding carboxylic acids is 1. The van der Waals surface area contributed by atoms with Crippen LogP contribution in [0.1, 0.15) is 5.56 Å². The third-order valence-electron chi connectivity index (χ3n) is 2.42. The zero-order valence-electron chi connectivity index (χ0n) is 10.8. The van der Waals surface area contributed by atoms with Crippen molar-refractivity contribution in [2.75, 3.05) is 7.11 Å². The van der Waals surface area contributed by atoms with E-state index in [0.717, 1.165) is 25.3 Å². The summed E-state index contributed by atoms with van der Waals surface area (Å²) in [6.07, 6.45) is -6.09. The fourth-order valence-electron chi connectivity index (χ4n) is 1.32. The molecule has 11 heteroatoms. The van der Waals surface area contributed by atoms with Crippen molar-refractivity contribution in [2.24, 2.45) is 0 Å². The molecule has 0 fully saturated rings. The van der Waals surface area contributed by atoms with Crippen molar-refractivity contribution in [2.45, 2.75) is 18.7 Å². The van der Waals surface area contributed by atoms with Gasteiger partial charge in [-0.2, -0.15) is 22.0 Å².